The number of hydrogen-bond acceptors (Lipinski definition) is 2. The van der Waals surface area contributed by atoms with Crippen molar-refractivity contribution in [2.75, 3.05) is 0 Å². The third-order valence-corrected chi connectivity index (χ3v) is 2.79. The second-order valence-electron chi connectivity index (χ2n) is 4.00. The number of imide groups is 1. The Labute approximate surface area is 91.8 Å². The standard InChI is InChI=1S/C11H11FN2O2/c1-6-3-4-7(5-8(6)12)11(2)9(15)13-10(16)14-11/h3-5H,1-2H3,(H2,13,14,15,16)/t11-/m1/s1. The molecule has 0 aromatic heterocycles. The Morgan fingerprint density at radius 2 is 2.00 bits per heavy atom. The van der Waals surface area contributed by atoms with Crippen molar-refractivity contribution < 1.29 is 14.0 Å². The molecule has 5 heteroatoms. The Hall–Kier alpha value is -1.91. The van der Waals surface area contributed by atoms with Crippen molar-refractivity contribution in [2.24, 2.45) is 0 Å². The third kappa shape index (κ3) is 1.44. The largest absolute Gasteiger partial charge is 0.322 e. The third-order valence-electron chi connectivity index (χ3n) is 2.79. The number of amides is 3. The molecule has 0 aliphatic carbocycles. The lowest BCUT2D eigenvalue weighted by molar-refractivity contribution is -0.123. The minimum atomic E-state index is -1.19. The van der Waals surface area contributed by atoms with Gasteiger partial charge in [-0.15, -0.1) is 0 Å². The van der Waals surface area contributed by atoms with Crippen molar-refractivity contribution in [1.29, 1.82) is 0 Å². The molecule has 0 spiro atoms. The van der Waals surface area contributed by atoms with Gasteiger partial charge in [0.1, 0.15) is 11.4 Å². The zero-order chi connectivity index (χ0) is 11.9. The number of halogens is 1. The van der Waals surface area contributed by atoms with Crippen molar-refractivity contribution in [2.45, 2.75) is 19.4 Å². The van der Waals surface area contributed by atoms with Gasteiger partial charge in [-0.2, -0.15) is 0 Å². The zero-order valence-electron chi connectivity index (χ0n) is 8.93. The Bertz CT molecular complexity index is 487. The van der Waals surface area contributed by atoms with E-state index in [1.54, 1.807) is 19.1 Å². The summed E-state index contributed by atoms with van der Waals surface area (Å²) in [6.45, 7) is 3.17. The van der Waals surface area contributed by atoms with E-state index in [-0.39, 0.29) is 0 Å². The SMILES string of the molecule is Cc1ccc([C@@]2(C)NC(=O)NC2=O)cc1F. The average molecular weight is 222 g/mol. The molecule has 1 aromatic rings. The first-order chi connectivity index (χ1) is 7.43. The normalized spacial score (nSPS) is 24.2. The lowest BCUT2D eigenvalue weighted by Gasteiger charge is -2.21. The highest BCUT2D eigenvalue weighted by atomic mass is 19.1. The van der Waals surface area contributed by atoms with E-state index in [4.69, 9.17) is 0 Å². The Morgan fingerprint density at radius 3 is 2.50 bits per heavy atom. The number of carbonyl (C=O) groups is 2. The van der Waals surface area contributed by atoms with Crippen LogP contribution in [0.25, 0.3) is 0 Å². The molecule has 0 saturated carbocycles. The van der Waals surface area contributed by atoms with Gasteiger partial charge in [0.2, 0.25) is 0 Å². The molecular weight excluding hydrogens is 211 g/mol. The molecule has 2 rings (SSSR count). The maximum atomic E-state index is 13.4. The first kappa shape index (κ1) is 10.6. The molecule has 84 valence electrons. The van der Waals surface area contributed by atoms with Crippen molar-refractivity contribution in [3.63, 3.8) is 0 Å². The maximum absolute atomic E-state index is 13.4. The Balaban J connectivity index is 2.47. The number of rotatable bonds is 1. The van der Waals surface area contributed by atoms with Crippen LogP contribution >= 0.6 is 0 Å². The molecule has 1 aromatic carbocycles. The van der Waals surface area contributed by atoms with Gasteiger partial charge < -0.3 is 5.32 Å². The molecule has 0 unspecified atom stereocenters. The van der Waals surface area contributed by atoms with E-state index in [0.717, 1.165) is 0 Å². The van der Waals surface area contributed by atoms with Crippen molar-refractivity contribution in [3.05, 3.63) is 35.1 Å². The number of hydrogen-bond donors (Lipinski definition) is 2. The van der Waals surface area contributed by atoms with E-state index < -0.39 is 23.3 Å². The van der Waals surface area contributed by atoms with E-state index in [0.29, 0.717) is 11.1 Å². The van der Waals surface area contributed by atoms with Gasteiger partial charge in [0.25, 0.3) is 5.91 Å². The van der Waals surface area contributed by atoms with Crippen LogP contribution in [-0.4, -0.2) is 11.9 Å². The number of carbonyl (C=O) groups excluding carboxylic acids is 2. The Kier molecular flexibility index (Phi) is 2.18. The summed E-state index contributed by atoms with van der Waals surface area (Å²) in [6, 6.07) is 3.91. The van der Waals surface area contributed by atoms with E-state index >= 15 is 0 Å². The topological polar surface area (TPSA) is 58.2 Å². The highest BCUT2D eigenvalue weighted by molar-refractivity contribution is 6.07. The molecule has 16 heavy (non-hydrogen) atoms. The van der Waals surface area contributed by atoms with Crippen LogP contribution in [0.4, 0.5) is 9.18 Å². The van der Waals surface area contributed by atoms with Crippen LogP contribution in [-0.2, 0) is 10.3 Å². The summed E-state index contributed by atoms with van der Waals surface area (Å²) in [4.78, 5) is 22.6. The lowest BCUT2D eigenvalue weighted by Crippen LogP contribution is -2.40. The summed E-state index contributed by atoms with van der Waals surface area (Å²) in [5.74, 6) is -0.867. The molecular formula is C11H11FN2O2. The maximum Gasteiger partial charge on any atom is 0.322 e. The molecule has 1 fully saturated rings. The fourth-order valence-electron chi connectivity index (χ4n) is 1.65. The van der Waals surface area contributed by atoms with Gasteiger partial charge in [-0.3, -0.25) is 10.1 Å². The summed E-state index contributed by atoms with van der Waals surface area (Å²) in [7, 11) is 0. The monoisotopic (exact) mass is 222 g/mol. The quantitative estimate of drug-likeness (QED) is 0.701. The van der Waals surface area contributed by atoms with Crippen LogP contribution in [0.3, 0.4) is 0 Å². The van der Waals surface area contributed by atoms with E-state index in [9.17, 15) is 14.0 Å². The minimum Gasteiger partial charge on any atom is -0.320 e. The fourth-order valence-corrected chi connectivity index (χ4v) is 1.65. The second kappa shape index (κ2) is 3.30. The van der Waals surface area contributed by atoms with Crippen LogP contribution in [0.1, 0.15) is 18.1 Å². The van der Waals surface area contributed by atoms with E-state index in [1.165, 1.54) is 13.0 Å². The number of urea groups is 1. The first-order valence-corrected chi connectivity index (χ1v) is 4.84. The van der Waals surface area contributed by atoms with E-state index in [1.807, 2.05) is 0 Å². The van der Waals surface area contributed by atoms with Crippen LogP contribution in [0.15, 0.2) is 18.2 Å². The number of aryl methyl sites for hydroxylation is 1. The predicted octanol–water partition coefficient (Wildman–Crippen LogP) is 1.19. The fraction of sp³-hybridized carbons (Fsp3) is 0.273. The van der Waals surface area contributed by atoms with Crippen molar-refractivity contribution >= 4 is 11.9 Å². The first-order valence-electron chi connectivity index (χ1n) is 4.84. The van der Waals surface area contributed by atoms with Crippen molar-refractivity contribution in [3.8, 4) is 0 Å². The van der Waals surface area contributed by atoms with Gasteiger partial charge >= 0.3 is 6.03 Å². The van der Waals surface area contributed by atoms with Gasteiger partial charge in [-0.1, -0.05) is 12.1 Å². The average Bonchev–Trinajstić information content (AvgIpc) is 2.46. The highest BCUT2D eigenvalue weighted by Gasteiger charge is 2.43. The number of benzene rings is 1. The van der Waals surface area contributed by atoms with Gasteiger partial charge in [-0.05, 0) is 31.0 Å². The molecule has 0 bridgehead atoms. The van der Waals surface area contributed by atoms with Crippen molar-refractivity contribution in [1.82, 2.24) is 10.6 Å². The van der Waals surface area contributed by atoms with Crippen LogP contribution in [0.5, 0.6) is 0 Å². The molecule has 4 nitrogen and oxygen atoms in total. The molecule has 1 saturated heterocycles. The smallest absolute Gasteiger partial charge is 0.320 e. The molecule has 1 aliphatic rings. The molecule has 0 radical (unpaired) electrons. The summed E-state index contributed by atoms with van der Waals surface area (Å²) in [5.41, 5.74) is -0.262. The van der Waals surface area contributed by atoms with Crippen LogP contribution in [0, 0.1) is 12.7 Å². The predicted molar refractivity (Wildman–Crippen MR) is 55.2 cm³/mol. The second-order valence-corrected chi connectivity index (χ2v) is 4.00. The van der Waals surface area contributed by atoms with E-state index in [2.05, 4.69) is 10.6 Å². The molecule has 1 heterocycles. The lowest BCUT2D eigenvalue weighted by atomic mass is 9.91. The summed E-state index contributed by atoms with van der Waals surface area (Å²) >= 11 is 0. The van der Waals surface area contributed by atoms with Gasteiger partial charge in [0.15, 0.2) is 0 Å². The Morgan fingerprint density at radius 1 is 1.31 bits per heavy atom. The highest BCUT2D eigenvalue weighted by Crippen LogP contribution is 2.25. The van der Waals surface area contributed by atoms with Gasteiger partial charge in [0.05, 0.1) is 0 Å². The molecule has 3 amide bonds. The summed E-state index contributed by atoms with van der Waals surface area (Å²) in [5, 5.41) is 4.61. The van der Waals surface area contributed by atoms with Crippen LogP contribution < -0.4 is 10.6 Å². The summed E-state index contributed by atoms with van der Waals surface area (Å²) < 4.78 is 13.4. The molecule has 1 atom stereocenters. The minimum absolute atomic E-state index is 0.396. The molecule has 2 N–H and O–H groups in total. The number of nitrogens with one attached hydrogen (secondary N) is 2. The zero-order valence-corrected chi connectivity index (χ0v) is 8.93. The molecule has 1 aliphatic heterocycles. The van der Waals surface area contributed by atoms with Gasteiger partial charge in [-0.25, -0.2) is 9.18 Å². The van der Waals surface area contributed by atoms with Gasteiger partial charge in [0, 0.05) is 0 Å². The van der Waals surface area contributed by atoms with Crippen LogP contribution in [0.2, 0.25) is 0 Å². The summed E-state index contributed by atoms with van der Waals surface area (Å²) in [6.07, 6.45) is 0.